The van der Waals surface area contributed by atoms with Crippen LogP contribution in [-0.2, 0) is 0 Å². The molecule has 0 unspecified atom stereocenters. The molecular formula is C9H13NS2. The molecule has 1 rings (SSSR count). The largest absolute Gasteiger partial charge is 0.354 e. The predicted molar refractivity (Wildman–Crippen MR) is 61.3 cm³/mol. The lowest BCUT2D eigenvalue weighted by atomic mass is 10.2. The van der Waals surface area contributed by atoms with Crippen LogP contribution < -0.4 is 4.90 Å². The van der Waals surface area contributed by atoms with Crippen LogP contribution >= 0.6 is 25.3 Å². The number of nitrogens with zero attached hydrogens (tertiary/aromatic N) is 1. The van der Waals surface area contributed by atoms with Crippen molar-refractivity contribution in [3.8, 4) is 0 Å². The smallest absolute Gasteiger partial charge is 0.116 e. The van der Waals surface area contributed by atoms with Crippen molar-refractivity contribution in [1.29, 1.82) is 0 Å². The van der Waals surface area contributed by atoms with Gasteiger partial charge in [0.15, 0.2) is 0 Å². The Morgan fingerprint density at radius 1 is 1.17 bits per heavy atom. The molecule has 1 aromatic carbocycles. The Labute approximate surface area is 84.6 Å². The molecule has 0 spiro atoms. The monoisotopic (exact) mass is 199 g/mol. The van der Waals surface area contributed by atoms with Gasteiger partial charge in [-0.25, -0.2) is 0 Å². The van der Waals surface area contributed by atoms with Gasteiger partial charge in [0.25, 0.3) is 0 Å². The van der Waals surface area contributed by atoms with Gasteiger partial charge in [-0.1, -0.05) is 17.7 Å². The Morgan fingerprint density at radius 2 is 1.67 bits per heavy atom. The molecule has 66 valence electrons. The van der Waals surface area contributed by atoms with Crippen LogP contribution in [0.3, 0.4) is 0 Å². The highest BCUT2D eigenvalue weighted by Crippen LogP contribution is 2.18. The molecular weight excluding hydrogens is 186 g/mol. The van der Waals surface area contributed by atoms with E-state index in [2.05, 4.69) is 56.4 Å². The number of hydrogen-bond acceptors (Lipinski definition) is 3. The van der Waals surface area contributed by atoms with Crippen LogP contribution in [0.5, 0.6) is 0 Å². The van der Waals surface area contributed by atoms with E-state index in [1.54, 1.807) is 0 Å². The first-order valence-corrected chi connectivity index (χ1v) is 4.80. The molecule has 0 aliphatic rings. The fourth-order valence-corrected chi connectivity index (χ4v) is 1.18. The zero-order valence-corrected chi connectivity index (χ0v) is 9.02. The summed E-state index contributed by atoms with van der Waals surface area (Å²) in [4.78, 5) is 1.99. The third-order valence-corrected chi connectivity index (χ3v) is 2.48. The quantitative estimate of drug-likeness (QED) is 0.547. The summed E-state index contributed by atoms with van der Waals surface area (Å²) < 4.78 is -0.0484. The van der Waals surface area contributed by atoms with Crippen molar-refractivity contribution in [3.63, 3.8) is 0 Å². The highest BCUT2D eigenvalue weighted by molar-refractivity contribution is 7.99. The van der Waals surface area contributed by atoms with Crippen LogP contribution in [0.15, 0.2) is 24.3 Å². The molecule has 12 heavy (non-hydrogen) atoms. The minimum Gasteiger partial charge on any atom is -0.354 e. The molecule has 0 N–H and O–H groups in total. The summed E-state index contributed by atoms with van der Waals surface area (Å²) in [7, 11) is 1.97. The summed E-state index contributed by atoms with van der Waals surface area (Å²) in [5.74, 6) is 0. The van der Waals surface area contributed by atoms with E-state index in [4.69, 9.17) is 0 Å². The Balaban J connectivity index is 2.82. The number of aryl methyl sites for hydroxylation is 1. The van der Waals surface area contributed by atoms with E-state index in [0.717, 1.165) is 5.69 Å². The lowest BCUT2D eigenvalue weighted by molar-refractivity contribution is 1.06. The topological polar surface area (TPSA) is 3.24 Å². The molecule has 3 heteroatoms. The van der Waals surface area contributed by atoms with E-state index in [9.17, 15) is 0 Å². The molecule has 0 aliphatic heterocycles. The zero-order chi connectivity index (χ0) is 9.14. The molecule has 0 saturated heterocycles. The van der Waals surface area contributed by atoms with E-state index >= 15 is 0 Å². The van der Waals surface area contributed by atoms with E-state index in [1.165, 1.54) is 5.56 Å². The molecule has 0 fully saturated rings. The molecule has 0 saturated carbocycles. The van der Waals surface area contributed by atoms with Gasteiger partial charge in [0.05, 0.1) is 0 Å². The summed E-state index contributed by atoms with van der Waals surface area (Å²) in [6.45, 7) is 2.07. The van der Waals surface area contributed by atoms with Crippen molar-refractivity contribution < 1.29 is 0 Å². The summed E-state index contributed by atoms with van der Waals surface area (Å²) in [6.07, 6.45) is 0. The van der Waals surface area contributed by atoms with Crippen molar-refractivity contribution in [2.24, 2.45) is 0 Å². The molecule has 0 atom stereocenters. The second-order valence-electron chi connectivity index (χ2n) is 2.79. The van der Waals surface area contributed by atoms with Gasteiger partial charge in [-0.15, -0.1) is 25.3 Å². The van der Waals surface area contributed by atoms with Crippen LogP contribution in [0.2, 0.25) is 0 Å². The van der Waals surface area contributed by atoms with Crippen molar-refractivity contribution in [3.05, 3.63) is 29.8 Å². The van der Waals surface area contributed by atoms with Crippen LogP contribution in [0.25, 0.3) is 0 Å². The van der Waals surface area contributed by atoms with Crippen molar-refractivity contribution in [1.82, 2.24) is 0 Å². The number of rotatable bonds is 2. The van der Waals surface area contributed by atoms with E-state index in [-0.39, 0.29) is 4.71 Å². The minimum atomic E-state index is -0.0484. The Kier molecular flexibility index (Phi) is 3.35. The minimum absolute atomic E-state index is 0.0484. The van der Waals surface area contributed by atoms with Gasteiger partial charge in [-0.3, -0.25) is 0 Å². The maximum Gasteiger partial charge on any atom is 0.116 e. The second kappa shape index (κ2) is 4.10. The zero-order valence-electron chi connectivity index (χ0n) is 7.23. The SMILES string of the molecule is Cc1ccc(N(C)C(S)S)cc1. The van der Waals surface area contributed by atoms with Crippen LogP contribution in [0, 0.1) is 6.92 Å². The van der Waals surface area contributed by atoms with Crippen LogP contribution in [0.1, 0.15) is 5.56 Å². The van der Waals surface area contributed by atoms with Gasteiger partial charge in [0, 0.05) is 12.7 Å². The average Bonchev–Trinajstić information content (AvgIpc) is 2.04. The fourth-order valence-electron chi connectivity index (χ4n) is 0.913. The van der Waals surface area contributed by atoms with Gasteiger partial charge in [0.2, 0.25) is 0 Å². The summed E-state index contributed by atoms with van der Waals surface area (Å²) in [5.41, 5.74) is 2.40. The number of hydrogen-bond donors (Lipinski definition) is 2. The molecule has 0 aliphatic carbocycles. The van der Waals surface area contributed by atoms with Crippen molar-refractivity contribution >= 4 is 30.9 Å². The fraction of sp³-hybridized carbons (Fsp3) is 0.333. The highest BCUT2D eigenvalue weighted by Gasteiger charge is 2.04. The highest BCUT2D eigenvalue weighted by atomic mass is 32.2. The Morgan fingerprint density at radius 3 is 2.08 bits per heavy atom. The Bertz CT molecular complexity index is 243. The van der Waals surface area contributed by atoms with Crippen molar-refractivity contribution in [2.45, 2.75) is 11.6 Å². The first-order valence-electron chi connectivity index (χ1n) is 3.77. The third-order valence-electron chi connectivity index (χ3n) is 1.79. The first kappa shape index (κ1) is 9.81. The number of thiol groups is 2. The lowest BCUT2D eigenvalue weighted by Gasteiger charge is -2.22. The summed E-state index contributed by atoms with van der Waals surface area (Å²) >= 11 is 8.44. The van der Waals surface area contributed by atoms with Gasteiger partial charge in [0.1, 0.15) is 4.71 Å². The molecule has 0 amide bonds. The van der Waals surface area contributed by atoms with Crippen LogP contribution in [0.4, 0.5) is 5.69 Å². The standard InChI is InChI=1S/C9H13NS2/c1-7-3-5-8(6-4-7)10(2)9(11)12/h3-6,9,11-12H,1-2H3. The van der Waals surface area contributed by atoms with Crippen molar-refractivity contribution in [2.75, 3.05) is 11.9 Å². The lowest BCUT2D eigenvalue weighted by Crippen LogP contribution is -2.21. The van der Waals surface area contributed by atoms with Crippen LogP contribution in [-0.4, -0.2) is 11.8 Å². The maximum atomic E-state index is 4.22. The summed E-state index contributed by atoms with van der Waals surface area (Å²) in [5, 5.41) is 0. The van der Waals surface area contributed by atoms with Gasteiger partial charge in [-0.05, 0) is 19.1 Å². The number of anilines is 1. The Hall–Kier alpha value is -0.280. The van der Waals surface area contributed by atoms with E-state index in [0.29, 0.717) is 0 Å². The first-order chi connectivity index (χ1) is 5.61. The third kappa shape index (κ3) is 2.35. The molecule has 0 bridgehead atoms. The van der Waals surface area contributed by atoms with Gasteiger partial charge >= 0.3 is 0 Å². The molecule has 1 aromatic rings. The normalized spacial score (nSPS) is 10.4. The molecule has 0 aromatic heterocycles. The molecule has 1 nitrogen and oxygen atoms in total. The molecule has 0 radical (unpaired) electrons. The maximum absolute atomic E-state index is 4.22. The van der Waals surface area contributed by atoms with E-state index in [1.807, 2.05) is 11.9 Å². The predicted octanol–water partition coefficient (Wildman–Crippen LogP) is 2.57. The van der Waals surface area contributed by atoms with Gasteiger partial charge < -0.3 is 4.90 Å². The molecule has 0 heterocycles. The van der Waals surface area contributed by atoms with Gasteiger partial charge in [-0.2, -0.15) is 0 Å². The summed E-state index contributed by atoms with van der Waals surface area (Å²) in [6, 6.07) is 8.29. The number of benzene rings is 1. The second-order valence-corrected chi connectivity index (χ2v) is 4.18. The van der Waals surface area contributed by atoms with E-state index < -0.39 is 0 Å². The average molecular weight is 199 g/mol.